The third-order valence-corrected chi connectivity index (χ3v) is 5.34. The summed E-state index contributed by atoms with van der Waals surface area (Å²) < 4.78 is 22.0. The predicted molar refractivity (Wildman–Crippen MR) is 126 cm³/mol. The third kappa shape index (κ3) is 7.16. The number of methoxy groups -OCH3 is 1. The van der Waals surface area contributed by atoms with Gasteiger partial charge in [-0.3, -0.25) is 15.0 Å². The maximum absolute atomic E-state index is 12.9. The van der Waals surface area contributed by atoms with Crippen molar-refractivity contribution in [2.24, 2.45) is 0 Å². The minimum atomic E-state index is -0.690. The van der Waals surface area contributed by atoms with Crippen molar-refractivity contribution in [2.45, 2.75) is 51.5 Å². The van der Waals surface area contributed by atoms with Gasteiger partial charge in [0.1, 0.15) is 12.2 Å². The molecule has 0 radical (unpaired) electrons. The van der Waals surface area contributed by atoms with E-state index >= 15 is 0 Å². The van der Waals surface area contributed by atoms with Crippen molar-refractivity contribution in [3.05, 3.63) is 69.8 Å². The van der Waals surface area contributed by atoms with Crippen molar-refractivity contribution >= 4 is 17.7 Å². The van der Waals surface area contributed by atoms with Crippen LogP contribution in [0.3, 0.4) is 0 Å². The Morgan fingerprint density at radius 3 is 2.49 bits per heavy atom. The molecule has 2 atom stereocenters. The van der Waals surface area contributed by atoms with Gasteiger partial charge in [-0.25, -0.2) is 9.59 Å². The molecule has 2 aromatic rings. The summed E-state index contributed by atoms with van der Waals surface area (Å²) in [5.74, 6) is -0.703. The Labute approximate surface area is 203 Å². The Morgan fingerprint density at radius 2 is 1.86 bits per heavy atom. The van der Waals surface area contributed by atoms with Crippen LogP contribution < -0.4 is 4.74 Å². The number of nitro groups is 1. The van der Waals surface area contributed by atoms with E-state index in [9.17, 15) is 19.7 Å². The predicted octanol–water partition coefficient (Wildman–Crippen LogP) is 4.36. The van der Waals surface area contributed by atoms with E-state index in [2.05, 4.69) is 4.74 Å². The van der Waals surface area contributed by atoms with Gasteiger partial charge in [0.2, 0.25) is 0 Å². The molecule has 10 nitrogen and oxygen atoms in total. The SMILES string of the molecule is COC(=O)c1ccc(OC[C@@H]2C[C@@H](OCc3ccccc3)CN2C(=O)OC(C)(C)C)c([N+](=O)[O-])c1. The van der Waals surface area contributed by atoms with Crippen molar-refractivity contribution in [1.29, 1.82) is 0 Å². The molecule has 0 saturated carbocycles. The van der Waals surface area contributed by atoms with Crippen molar-refractivity contribution in [2.75, 3.05) is 20.3 Å². The lowest BCUT2D eigenvalue weighted by Gasteiger charge is -2.28. The zero-order chi connectivity index (χ0) is 25.6. The van der Waals surface area contributed by atoms with Gasteiger partial charge in [-0.2, -0.15) is 0 Å². The van der Waals surface area contributed by atoms with Gasteiger partial charge in [0.25, 0.3) is 0 Å². The lowest BCUT2D eigenvalue weighted by Crippen LogP contribution is -2.42. The summed E-state index contributed by atoms with van der Waals surface area (Å²) in [5, 5.41) is 11.6. The Kier molecular flexibility index (Phi) is 8.29. The van der Waals surface area contributed by atoms with Crippen LogP contribution in [-0.2, 0) is 20.8 Å². The van der Waals surface area contributed by atoms with Crippen LogP contribution >= 0.6 is 0 Å². The highest BCUT2D eigenvalue weighted by Gasteiger charge is 2.39. The summed E-state index contributed by atoms with van der Waals surface area (Å²) in [4.78, 5) is 37.1. The van der Waals surface area contributed by atoms with Crippen LogP contribution in [0.5, 0.6) is 5.75 Å². The van der Waals surface area contributed by atoms with Crippen molar-refractivity contribution in [3.63, 3.8) is 0 Å². The summed E-state index contributed by atoms with van der Waals surface area (Å²) in [6, 6.07) is 13.1. The molecule has 1 aliphatic rings. The quantitative estimate of drug-likeness (QED) is 0.307. The molecule has 35 heavy (non-hydrogen) atoms. The van der Waals surface area contributed by atoms with E-state index in [-0.39, 0.29) is 29.7 Å². The molecule has 0 unspecified atom stereocenters. The zero-order valence-electron chi connectivity index (χ0n) is 20.3. The Bertz CT molecular complexity index is 1050. The molecule has 188 valence electrons. The molecule has 0 aliphatic carbocycles. The number of benzene rings is 2. The van der Waals surface area contributed by atoms with Crippen LogP contribution in [0.4, 0.5) is 10.5 Å². The fourth-order valence-corrected chi connectivity index (χ4v) is 3.70. The number of rotatable bonds is 8. The number of nitrogens with zero attached hydrogens (tertiary/aromatic N) is 2. The summed E-state index contributed by atoms with van der Waals surface area (Å²) in [6.07, 6.45) is -0.291. The lowest BCUT2D eigenvalue weighted by molar-refractivity contribution is -0.385. The fraction of sp³-hybridized carbons (Fsp3) is 0.440. The zero-order valence-corrected chi connectivity index (χ0v) is 20.3. The van der Waals surface area contributed by atoms with Crippen LogP contribution in [0.2, 0.25) is 0 Å². The first-order chi connectivity index (χ1) is 16.6. The number of ether oxygens (including phenoxy) is 4. The van der Waals surface area contributed by atoms with Crippen molar-refractivity contribution < 1.29 is 33.5 Å². The molecular weight excluding hydrogens is 456 g/mol. The molecule has 1 aliphatic heterocycles. The van der Waals surface area contributed by atoms with Gasteiger partial charge in [0.05, 0.1) is 42.9 Å². The molecule has 0 bridgehead atoms. The topological polar surface area (TPSA) is 117 Å². The Balaban J connectivity index is 1.73. The van der Waals surface area contributed by atoms with Gasteiger partial charge in [0, 0.05) is 6.07 Å². The molecule has 1 saturated heterocycles. The minimum Gasteiger partial charge on any atom is -0.485 e. The van der Waals surface area contributed by atoms with E-state index in [0.29, 0.717) is 19.6 Å². The van der Waals surface area contributed by atoms with Crippen LogP contribution in [0.15, 0.2) is 48.5 Å². The minimum absolute atomic E-state index is 0.0111. The second-order valence-electron chi connectivity index (χ2n) is 9.18. The van der Waals surface area contributed by atoms with Gasteiger partial charge < -0.3 is 18.9 Å². The standard InChI is InChI=1S/C25H30N2O8/c1-25(2,3)35-24(29)26-14-20(33-15-17-8-6-5-7-9-17)13-19(26)16-34-22-11-10-18(23(28)32-4)12-21(22)27(30)31/h5-12,19-20H,13-16H2,1-4H3/t19-,20+/m0/s1. The van der Waals surface area contributed by atoms with E-state index in [4.69, 9.17) is 14.2 Å². The largest absolute Gasteiger partial charge is 0.485 e. The first kappa shape index (κ1) is 26.0. The molecule has 2 aromatic carbocycles. The maximum atomic E-state index is 12.9. The maximum Gasteiger partial charge on any atom is 0.410 e. The van der Waals surface area contributed by atoms with Crippen LogP contribution in [0.25, 0.3) is 0 Å². The number of hydrogen-bond acceptors (Lipinski definition) is 8. The number of carbonyl (C=O) groups excluding carboxylic acids is 2. The summed E-state index contributed by atoms with van der Waals surface area (Å²) in [6.45, 7) is 6.02. The summed E-state index contributed by atoms with van der Waals surface area (Å²) in [7, 11) is 1.19. The first-order valence-electron chi connectivity index (χ1n) is 11.2. The molecule has 0 aromatic heterocycles. The third-order valence-electron chi connectivity index (χ3n) is 5.34. The molecule has 0 spiro atoms. The first-order valence-corrected chi connectivity index (χ1v) is 11.2. The monoisotopic (exact) mass is 486 g/mol. The van der Waals surface area contributed by atoms with Crippen LogP contribution in [0.1, 0.15) is 43.1 Å². The second-order valence-corrected chi connectivity index (χ2v) is 9.18. The van der Waals surface area contributed by atoms with Gasteiger partial charge in [-0.1, -0.05) is 30.3 Å². The lowest BCUT2D eigenvalue weighted by atomic mass is 10.2. The number of hydrogen-bond donors (Lipinski definition) is 0. The smallest absolute Gasteiger partial charge is 0.410 e. The van der Waals surface area contributed by atoms with E-state index in [1.54, 1.807) is 20.8 Å². The number of likely N-dealkylation sites (tertiary alicyclic amines) is 1. The van der Waals surface area contributed by atoms with Gasteiger partial charge in [-0.05, 0) is 44.9 Å². The van der Waals surface area contributed by atoms with E-state index in [1.165, 1.54) is 24.1 Å². The number of esters is 1. The van der Waals surface area contributed by atoms with Gasteiger partial charge in [-0.15, -0.1) is 0 Å². The normalized spacial score (nSPS) is 17.7. The molecule has 1 fully saturated rings. The van der Waals surface area contributed by atoms with Gasteiger partial charge in [0.15, 0.2) is 5.75 Å². The van der Waals surface area contributed by atoms with Crippen LogP contribution in [-0.4, -0.2) is 59.9 Å². The van der Waals surface area contributed by atoms with Crippen LogP contribution in [0, 0.1) is 10.1 Å². The molecule has 3 rings (SSSR count). The van der Waals surface area contributed by atoms with E-state index < -0.39 is 28.6 Å². The second kappa shape index (κ2) is 11.2. The number of nitro benzene ring substituents is 1. The highest BCUT2D eigenvalue weighted by atomic mass is 16.6. The highest BCUT2D eigenvalue weighted by molar-refractivity contribution is 5.90. The molecule has 1 heterocycles. The van der Waals surface area contributed by atoms with E-state index in [1.807, 2.05) is 30.3 Å². The molecule has 1 amide bonds. The van der Waals surface area contributed by atoms with Crippen molar-refractivity contribution in [1.82, 2.24) is 4.90 Å². The number of amides is 1. The Hall–Kier alpha value is -3.66. The summed E-state index contributed by atoms with van der Waals surface area (Å²) >= 11 is 0. The average Bonchev–Trinajstić information content (AvgIpc) is 3.23. The van der Waals surface area contributed by atoms with Gasteiger partial charge >= 0.3 is 17.7 Å². The van der Waals surface area contributed by atoms with Crippen molar-refractivity contribution in [3.8, 4) is 5.75 Å². The van der Waals surface area contributed by atoms with E-state index in [0.717, 1.165) is 11.6 Å². The highest BCUT2D eigenvalue weighted by Crippen LogP contribution is 2.30. The number of carbonyl (C=O) groups is 2. The molecule has 0 N–H and O–H groups in total. The Morgan fingerprint density at radius 1 is 1.14 bits per heavy atom. The average molecular weight is 487 g/mol. The fourth-order valence-electron chi connectivity index (χ4n) is 3.70. The molecular formula is C25H30N2O8. The molecule has 10 heteroatoms. The summed E-state index contributed by atoms with van der Waals surface area (Å²) in [5.41, 5.74) is -0.00495.